The van der Waals surface area contributed by atoms with E-state index in [0.29, 0.717) is 40.9 Å². The van der Waals surface area contributed by atoms with E-state index in [1.165, 1.54) is 11.3 Å². The van der Waals surface area contributed by atoms with Gasteiger partial charge in [0.2, 0.25) is 0 Å². The fourth-order valence-electron chi connectivity index (χ4n) is 2.91. The van der Waals surface area contributed by atoms with Gasteiger partial charge in [-0.15, -0.1) is 11.3 Å². The summed E-state index contributed by atoms with van der Waals surface area (Å²) in [5.41, 5.74) is 0. The first-order valence-corrected chi connectivity index (χ1v) is 8.91. The lowest BCUT2D eigenvalue weighted by atomic mass is 9.93. The zero-order chi connectivity index (χ0) is 16.6. The number of hydrogen-bond acceptors (Lipinski definition) is 3. The number of carboxylic acids is 1. The van der Waals surface area contributed by atoms with Crippen molar-refractivity contribution < 1.29 is 14.7 Å². The van der Waals surface area contributed by atoms with Crippen LogP contribution in [0.4, 0.5) is 0 Å². The Morgan fingerprint density at radius 3 is 2.61 bits per heavy atom. The van der Waals surface area contributed by atoms with E-state index in [1.807, 2.05) is 12.1 Å². The largest absolute Gasteiger partial charge is 0.481 e. The smallest absolute Gasteiger partial charge is 0.303 e. The fourth-order valence-corrected chi connectivity index (χ4v) is 4.66. The highest BCUT2D eigenvalue weighted by Gasteiger charge is 2.27. The van der Waals surface area contributed by atoms with Gasteiger partial charge in [-0.3, -0.25) is 9.59 Å². The minimum Gasteiger partial charge on any atom is -0.481 e. The van der Waals surface area contributed by atoms with Gasteiger partial charge >= 0.3 is 5.97 Å². The van der Waals surface area contributed by atoms with Crippen molar-refractivity contribution in [1.82, 2.24) is 4.90 Å². The van der Waals surface area contributed by atoms with E-state index in [-0.39, 0.29) is 18.2 Å². The predicted octanol–water partition coefficient (Wildman–Crippen LogP) is 4.54. The highest BCUT2D eigenvalue weighted by atomic mass is 35.5. The van der Waals surface area contributed by atoms with E-state index < -0.39 is 5.97 Å². The average molecular weight is 372 g/mol. The molecule has 2 aromatic rings. The molecule has 4 nitrogen and oxygen atoms in total. The molecule has 0 unspecified atom stereocenters. The molecule has 7 heteroatoms. The lowest BCUT2D eigenvalue weighted by Crippen LogP contribution is -2.38. The van der Waals surface area contributed by atoms with E-state index in [1.54, 1.807) is 11.0 Å². The summed E-state index contributed by atoms with van der Waals surface area (Å²) in [6.07, 6.45) is 1.60. The van der Waals surface area contributed by atoms with E-state index in [9.17, 15) is 9.59 Å². The molecule has 1 aliphatic heterocycles. The molecule has 23 heavy (non-hydrogen) atoms. The van der Waals surface area contributed by atoms with Crippen LogP contribution in [0.25, 0.3) is 10.1 Å². The number of carbonyl (C=O) groups is 2. The van der Waals surface area contributed by atoms with Crippen LogP contribution in [-0.4, -0.2) is 35.0 Å². The molecule has 2 heterocycles. The van der Waals surface area contributed by atoms with Crippen molar-refractivity contribution in [3.05, 3.63) is 33.1 Å². The van der Waals surface area contributed by atoms with Crippen LogP contribution in [-0.2, 0) is 4.79 Å². The number of nitrogens with zero attached hydrogens (tertiary/aromatic N) is 1. The number of thiophene rings is 1. The molecule has 1 aromatic heterocycles. The van der Waals surface area contributed by atoms with E-state index in [4.69, 9.17) is 28.3 Å². The number of amides is 1. The van der Waals surface area contributed by atoms with Crippen LogP contribution in [0.1, 0.15) is 28.9 Å². The number of fused-ring (bicyclic) bond motifs is 1. The molecule has 0 radical (unpaired) electrons. The third kappa shape index (κ3) is 3.47. The Labute approximate surface area is 147 Å². The van der Waals surface area contributed by atoms with Crippen LogP contribution in [0.15, 0.2) is 18.2 Å². The Bertz CT molecular complexity index is 766. The second kappa shape index (κ2) is 6.67. The Balaban J connectivity index is 1.76. The van der Waals surface area contributed by atoms with Gasteiger partial charge in [0.05, 0.1) is 5.02 Å². The molecule has 0 bridgehead atoms. The van der Waals surface area contributed by atoms with Crippen molar-refractivity contribution in [2.45, 2.75) is 19.3 Å². The number of hydrogen-bond donors (Lipinski definition) is 1. The summed E-state index contributed by atoms with van der Waals surface area (Å²) in [4.78, 5) is 25.8. The average Bonchev–Trinajstić information content (AvgIpc) is 2.83. The van der Waals surface area contributed by atoms with Crippen molar-refractivity contribution >= 4 is 56.5 Å². The summed E-state index contributed by atoms with van der Waals surface area (Å²) in [7, 11) is 0. The number of likely N-dealkylation sites (tertiary alicyclic amines) is 1. The number of carboxylic acid groups (broad SMARTS) is 1. The lowest BCUT2D eigenvalue weighted by molar-refractivity contribution is -0.138. The van der Waals surface area contributed by atoms with Crippen LogP contribution >= 0.6 is 34.5 Å². The van der Waals surface area contributed by atoms with Crippen molar-refractivity contribution in [3.63, 3.8) is 0 Å². The number of benzene rings is 1. The van der Waals surface area contributed by atoms with Gasteiger partial charge in [0.1, 0.15) is 4.88 Å². The number of carbonyl (C=O) groups excluding carboxylic acids is 1. The monoisotopic (exact) mass is 371 g/mol. The van der Waals surface area contributed by atoms with Gasteiger partial charge in [0.25, 0.3) is 5.91 Å². The normalized spacial score (nSPS) is 16.0. The molecule has 0 aliphatic carbocycles. The molecule has 122 valence electrons. The summed E-state index contributed by atoms with van der Waals surface area (Å²) in [5, 5.41) is 10.8. The molecule has 1 amide bonds. The maximum absolute atomic E-state index is 12.7. The van der Waals surface area contributed by atoms with Gasteiger partial charge in [-0.1, -0.05) is 29.3 Å². The molecule has 0 saturated carbocycles. The van der Waals surface area contributed by atoms with Gasteiger partial charge < -0.3 is 10.0 Å². The van der Waals surface area contributed by atoms with Crippen LogP contribution in [0.2, 0.25) is 10.0 Å². The van der Waals surface area contributed by atoms with Gasteiger partial charge in [-0.25, -0.2) is 0 Å². The SMILES string of the molecule is O=C(O)CC1CCN(C(=O)c2sc3cc(Cl)ccc3c2Cl)CC1. The molecule has 1 saturated heterocycles. The van der Waals surface area contributed by atoms with Crippen LogP contribution in [0.3, 0.4) is 0 Å². The summed E-state index contributed by atoms with van der Waals surface area (Å²) >= 11 is 13.7. The van der Waals surface area contributed by atoms with Crippen molar-refractivity contribution in [1.29, 1.82) is 0 Å². The molecule has 0 atom stereocenters. The summed E-state index contributed by atoms with van der Waals surface area (Å²) < 4.78 is 0.895. The molecule has 1 N–H and O–H groups in total. The maximum Gasteiger partial charge on any atom is 0.303 e. The minimum atomic E-state index is -0.779. The van der Waals surface area contributed by atoms with Crippen molar-refractivity contribution in [3.8, 4) is 0 Å². The minimum absolute atomic E-state index is 0.0823. The topological polar surface area (TPSA) is 57.6 Å². The zero-order valence-electron chi connectivity index (χ0n) is 12.2. The first kappa shape index (κ1) is 16.6. The predicted molar refractivity (Wildman–Crippen MR) is 92.7 cm³/mol. The highest BCUT2D eigenvalue weighted by molar-refractivity contribution is 7.21. The van der Waals surface area contributed by atoms with Crippen molar-refractivity contribution in [2.24, 2.45) is 5.92 Å². The second-order valence-electron chi connectivity index (χ2n) is 5.72. The molecular formula is C16H15Cl2NO3S. The van der Waals surface area contributed by atoms with Gasteiger partial charge in [0, 0.05) is 34.6 Å². The molecule has 3 rings (SSSR count). The third-order valence-corrected chi connectivity index (χ3v) is 6.03. The lowest BCUT2D eigenvalue weighted by Gasteiger charge is -2.31. The van der Waals surface area contributed by atoms with E-state index in [0.717, 1.165) is 10.1 Å². The Hall–Kier alpha value is -1.30. The van der Waals surface area contributed by atoms with Crippen LogP contribution < -0.4 is 0 Å². The first-order valence-electron chi connectivity index (χ1n) is 7.34. The molecular weight excluding hydrogens is 357 g/mol. The number of halogens is 2. The molecule has 1 fully saturated rings. The van der Waals surface area contributed by atoms with E-state index >= 15 is 0 Å². The Morgan fingerprint density at radius 2 is 1.96 bits per heavy atom. The Morgan fingerprint density at radius 1 is 1.26 bits per heavy atom. The van der Waals surface area contributed by atoms with Gasteiger partial charge in [0.15, 0.2) is 0 Å². The first-order chi connectivity index (χ1) is 11.0. The van der Waals surface area contributed by atoms with Crippen molar-refractivity contribution in [2.75, 3.05) is 13.1 Å². The zero-order valence-corrected chi connectivity index (χ0v) is 14.5. The second-order valence-corrected chi connectivity index (χ2v) is 7.59. The summed E-state index contributed by atoms with van der Waals surface area (Å²) in [6.45, 7) is 1.14. The number of aliphatic carboxylic acids is 1. The molecule has 1 aromatic carbocycles. The van der Waals surface area contributed by atoms with Gasteiger partial charge in [-0.05, 0) is 30.9 Å². The van der Waals surface area contributed by atoms with Crippen LogP contribution in [0, 0.1) is 5.92 Å². The fraction of sp³-hybridized carbons (Fsp3) is 0.375. The Kier molecular flexibility index (Phi) is 4.80. The number of piperidine rings is 1. The van der Waals surface area contributed by atoms with Gasteiger partial charge in [-0.2, -0.15) is 0 Å². The third-order valence-electron chi connectivity index (χ3n) is 4.15. The standard InChI is InChI=1S/C16H15Cl2NO3S/c17-10-1-2-11-12(8-10)23-15(14(11)18)16(22)19-5-3-9(4-6-19)7-13(20)21/h1-2,8-9H,3-7H2,(H,20,21). The van der Waals surface area contributed by atoms with Crippen LogP contribution in [0.5, 0.6) is 0 Å². The summed E-state index contributed by atoms with van der Waals surface area (Å²) in [6, 6.07) is 5.39. The van der Waals surface area contributed by atoms with E-state index in [2.05, 4.69) is 0 Å². The molecule has 0 spiro atoms. The maximum atomic E-state index is 12.7. The highest BCUT2D eigenvalue weighted by Crippen LogP contribution is 2.38. The molecule has 1 aliphatic rings. The quantitative estimate of drug-likeness (QED) is 0.861. The number of rotatable bonds is 3. The summed E-state index contributed by atoms with van der Waals surface area (Å²) in [5.74, 6) is -0.714.